The van der Waals surface area contributed by atoms with Crippen molar-refractivity contribution in [2.24, 2.45) is 4.99 Å². The number of aromatic nitrogens is 3. The molecular weight excluding hydrogens is 428 g/mol. The van der Waals surface area contributed by atoms with Gasteiger partial charge in [0, 0.05) is 29.2 Å². The second kappa shape index (κ2) is 9.50. The molecule has 2 heterocycles. The molecular formula is C23H25ClN6O2. The molecule has 0 fully saturated rings. The van der Waals surface area contributed by atoms with E-state index in [2.05, 4.69) is 20.8 Å². The maximum Gasteiger partial charge on any atom is 0.222 e. The Morgan fingerprint density at radius 1 is 1.16 bits per heavy atom. The average molecular weight is 453 g/mol. The van der Waals surface area contributed by atoms with E-state index >= 15 is 0 Å². The Morgan fingerprint density at radius 3 is 2.66 bits per heavy atom. The number of methoxy groups -OCH3 is 1. The lowest BCUT2D eigenvalue weighted by Crippen LogP contribution is -2.31. The van der Waals surface area contributed by atoms with Gasteiger partial charge in [0.15, 0.2) is 5.82 Å². The third-order valence-electron chi connectivity index (χ3n) is 5.33. The fourth-order valence-corrected chi connectivity index (χ4v) is 3.88. The zero-order valence-electron chi connectivity index (χ0n) is 18.2. The molecule has 3 aromatic rings. The maximum atomic E-state index is 12.7. The van der Waals surface area contributed by atoms with Crippen molar-refractivity contribution < 1.29 is 9.53 Å². The van der Waals surface area contributed by atoms with Gasteiger partial charge >= 0.3 is 0 Å². The number of carbonyl (C=O) groups is 1. The third kappa shape index (κ3) is 4.37. The van der Waals surface area contributed by atoms with Crippen LogP contribution in [-0.2, 0) is 4.79 Å². The minimum atomic E-state index is -0.505. The Balaban J connectivity index is 1.86. The first kappa shape index (κ1) is 22.0. The molecule has 2 aromatic carbocycles. The van der Waals surface area contributed by atoms with Gasteiger partial charge in [0.05, 0.1) is 24.9 Å². The Hall–Kier alpha value is -3.23. The number of ether oxygens (including phenoxy) is 1. The fourth-order valence-electron chi connectivity index (χ4n) is 3.75. The predicted molar refractivity (Wildman–Crippen MR) is 124 cm³/mol. The predicted octanol–water partition coefficient (Wildman–Crippen LogP) is 2.86. The largest absolute Gasteiger partial charge is 0.497 e. The van der Waals surface area contributed by atoms with Crippen LogP contribution in [0, 0.1) is 6.92 Å². The van der Waals surface area contributed by atoms with Crippen LogP contribution < -0.4 is 15.4 Å². The number of nitrogens with zero attached hydrogens (tertiary/aromatic N) is 4. The van der Waals surface area contributed by atoms with Crippen LogP contribution in [0.15, 0.2) is 47.5 Å². The number of nitrogens with one attached hydrogen (secondary N) is 2. The van der Waals surface area contributed by atoms with Gasteiger partial charge in [0.25, 0.3) is 0 Å². The zero-order valence-corrected chi connectivity index (χ0v) is 19.0. The van der Waals surface area contributed by atoms with Gasteiger partial charge in [-0.15, -0.1) is 10.2 Å². The summed E-state index contributed by atoms with van der Waals surface area (Å²) in [6, 6.07) is 12.8. The summed E-state index contributed by atoms with van der Waals surface area (Å²) in [7, 11) is 3.47. The number of carbonyl (C=O) groups excluding carboxylic acids is 1. The molecule has 1 amide bonds. The lowest BCUT2D eigenvalue weighted by atomic mass is 10.00. The Bertz CT molecular complexity index is 1160. The summed E-state index contributed by atoms with van der Waals surface area (Å²) in [5, 5.41) is 15.3. The minimum Gasteiger partial charge on any atom is -0.497 e. The molecule has 9 heteroatoms. The normalized spacial score (nSPS) is 14.8. The Morgan fingerprint density at radius 2 is 1.94 bits per heavy atom. The third-order valence-corrected chi connectivity index (χ3v) is 5.58. The molecule has 1 aromatic heterocycles. The first-order valence-corrected chi connectivity index (χ1v) is 10.8. The molecule has 1 aliphatic rings. The van der Waals surface area contributed by atoms with Gasteiger partial charge < -0.3 is 15.4 Å². The molecule has 0 aliphatic carbocycles. The monoisotopic (exact) mass is 452 g/mol. The summed E-state index contributed by atoms with van der Waals surface area (Å²) in [5.74, 6) is 1.96. The second-order valence-electron chi connectivity index (χ2n) is 7.48. The number of aliphatic imine (C=N–C) groups is 1. The summed E-state index contributed by atoms with van der Waals surface area (Å²) >= 11 is 6.12. The molecule has 0 saturated heterocycles. The van der Waals surface area contributed by atoms with Crippen LogP contribution in [0.1, 0.15) is 35.2 Å². The van der Waals surface area contributed by atoms with E-state index < -0.39 is 6.04 Å². The highest BCUT2D eigenvalue weighted by Crippen LogP contribution is 2.34. The maximum absolute atomic E-state index is 12.7. The van der Waals surface area contributed by atoms with Gasteiger partial charge in [-0.2, -0.15) is 0 Å². The van der Waals surface area contributed by atoms with E-state index in [0.29, 0.717) is 29.7 Å². The van der Waals surface area contributed by atoms with Crippen LogP contribution in [0.25, 0.3) is 5.69 Å². The number of amides is 1. The van der Waals surface area contributed by atoms with Crippen molar-refractivity contribution >= 4 is 23.2 Å². The number of fused-ring (bicyclic) bond motifs is 3. The van der Waals surface area contributed by atoms with Crippen LogP contribution in [0.4, 0.5) is 0 Å². The summed E-state index contributed by atoms with van der Waals surface area (Å²) in [5.41, 5.74) is 3.39. The second-order valence-corrected chi connectivity index (χ2v) is 7.92. The van der Waals surface area contributed by atoms with Crippen LogP contribution in [0.3, 0.4) is 0 Å². The smallest absolute Gasteiger partial charge is 0.222 e. The molecule has 1 aliphatic heterocycles. The highest BCUT2D eigenvalue weighted by atomic mass is 35.5. The zero-order chi connectivity index (χ0) is 22.7. The first-order chi connectivity index (χ1) is 15.5. The van der Waals surface area contributed by atoms with Crippen LogP contribution in [0.2, 0.25) is 5.02 Å². The number of halogens is 1. The van der Waals surface area contributed by atoms with Crippen LogP contribution >= 0.6 is 11.6 Å². The molecule has 0 saturated carbocycles. The van der Waals surface area contributed by atoms with Gasteiger partial charge in [-0.05, 0) is 44.3 Å². The lowest BCUT2D eigenvalue weighted by Gasteiger charge is -2.14. The van der Waals surface area contributed by atoms with Crippen molar-refractivity contribution in [2.45, 2.75) is 19.4 Å². The number of aryl methyl sites for hydroxylation is 1. The van der Waals surface area contributed by atoms with E-state index in [1.165, 1.54) is 0 Å². The van der Waals surface area contributed by atoms with Crippen LogP contribution in [0.5, 0.6) is 5.75 Å². The van der Waals surface area contributed by atoms with Gasteiger partial charge in [-0.3, -0.25) is 14.4 Å². The van der Waals surface area contributed by atoms with Gasteiger partial charge in [0.1, 0.15) is 17.6 Å². The Labute approximate surface area is 191 Å². The number of hydrogen-bond acceptors (Lipinski definition) is 6. The van der Waals surface area contributed by atoms with Crippen molar-refractivity contribution in [1.82, 2.24) is 25.4 Å². The Kier molecular flexibility index (Phi) is 6.53. The van der Waals surface area contributed by atoms with E-state index in [1.54, 1.807) is 7.11 Å². The number of hydrogen-bond donors (Lipinski definition) is 2. The van der Waals surface area contributed by atoms with E-state index in [-0.39, 0.29) is 12.3 Å². The lowest BCUT2D eigenvalue weighted by molar-refractivity contribution is -0.121. The van der Waals surface area contributed by atoms with E-state index in [1.807, 2.05) is 61.0 Å². The van der Waals surface area contributed by atoms with Crippen molar-refractivity contribution in [2.75, 3.05) is 27.2 Å². The highest BCUT2D eigenvalue weighted by molar-refractivity contribution is 6.30. The van der Waals surface area contributed by atoms with Gasteiger partial charge in [-0.1, -0.05) is 23.7 Å². The van der Waals surface area contributed by atoms with Gasteiger partial charge in [0.2, 0.25) is 5.91 Å². The molecule has 4 rings (SSSR count). The van der Waals surface area contributed by atoms with E-state index in [9.17, 15) is 4.79 Å². The molecule has 0 bridgehead atoms. The summed E-state index contributed by atoms with van der Waals surface area (Å²) < 4.78 is 7.45. The molecule has 0 radical (unpaired) electrons. The number of likely N-dealkylation sites (N-methyl/N-ethyl adjacent to an activating group) is 1. The average Bonchev–Trinajstić information content (AvgIpc) is 3.12. The molecule has 8 nitrogen and oxygen atoms in total. The summed E-state index contributed by atoms with van der Waals surface area (Å²) in [6.45, 7) is 3.12. The standard InChI is InChI=1S/C23H25ClN6O2/c1-14-28-29-23-19(13-21(31)26-11-10-25-2)27-22(15-4-6-16(24)7-5-15)18-12-17(32-3)8-9-20(18)30(14)23/h4-9,12,19,25H,10-11,13H2,1-3H3,(H,26,31). The van der Waals surface area contributed by atoms with E-state index in [0.717, 1.165) is 28.4 Å². The van der Waals surface area contributed by atoms with Crippen molar-refractivity contribution in [3.05, 3.63) is 70.3 Å². The quantitative estimate of drug-likeness (QED) is 0.538. The molecule has 166 valence electrons. The van der Waals surface area contributed by atoms with E-state index in [4.69, 9.17) is 21.3 Å². The summed E-state index contributed by atoms with van der Waals surface area (Å²) in [6.07, 6.45) is 0.157. The summed E-state index contributed by atoms with van der Waals surface area (Å²) in [4.78, 5) is 17.7. The number of rotatable bonds is 7. The first-order valence-electron chi connectivity index (χ1n) is 10.4. The molecule has 32 heavy (non-hydrogen) atoms. The fraction of sp³-hybridized carbons (Fsp3) is 0.304. The SMILES string of the molecule is CNCCNC(=O)CC1N=C(c2ccc(Cl)cc2)c2cc(OC)ccc2-n2c(C)nnc21. The molecule has 1 atom stereocenters. The topological polar surface area (TPSA) is 93.4 Å². The number of benzene rings is 2. The minimum absolute atomic E-state index is 0.0970. The highest BCUT2D eigenvalue weighted by Gasteiger charge is 2.29. The molecule has 0 spiro atoms. The molecule has 1 unspecified atom stereocenters. The van der Waals surface area contributed by atoms with Crippen LogP contribution in [-0.4, -0.2) is 53.6 Å². The van der Waals surface area contributed by atoms with Crippen molar-refractivity contribution in [3.8, 4) is 11.4 Å². The van der Waals surface area contributed by atoms with Crippen molar-refractivity contribution in [1.29, 1.82) is 0 Å². The van der Waals surface area contributed by atoms with Crippen molar-refractivity contribution in [3.63, 3.8) is 0 Å². The van der Waals surface area contributed by atoms with Gasteiger partial charge in [-0.25, -0.2) is 0 Å². The molecule has 2 N–H and O–H groups in total.